The quantitative estimate of drug-likeness (QED) is 0.640. The Bertz CT molecular complexity index is 771. The van der Waals surface area contributed by atoms with Gasteiger partial charge in [-0.3, -0.25) is 0 Å². The fraction of sp³-hybridized carbons (Fsp3) is 0.0769. The van der Waals surface area contributed by atoms with Gasteiger partial charge in [-0.25, -0.2) is 9.97 Å². The lowest BCUT2D eigenvalue weighted by Crippen LogP contribution is -2.06. The second-order valence-electron chi connectivity index (χ2n) is 4.18. The first kappa shape index (κ1) is 12.1. The standard InChI is InChI=1S/C13H13N7/c1-16-11-8(7-5-3-2-4-6-7)17-9-10(14)18-13(15)20-12(9)19-11/h2-6H,1H3,(H5,14,15,16,18,19,20). The Morgan fingerprint density at radius 3 is 2.40 bits per heavy atom. The van der Waals surface area contributed by atoms with E-state index in [1.54, 1.807) is 7.05 Å². The van der Waals surface area contributed by atoms with Gasteiger partial charge >= 0.3 is 0 Å². The minimum absolute atomic E-state index is 0.0822. The van der Waals surface area contributed by atoms with Crippen molar-refractivity contribution >= 4 is 28.7 Å². The molecule has 0 bridgehead atoms. The molecule has 0 saturated carbocycles. The summed E-state index contributed by atoms with van der Waals surface area (Å²) < 4.78 is 0. The summed E-state index contributed by atoms with van der Waals surface area (Å²) in [7, 11) is 1.77. The summed E-state index contributed by atoms with van der Waals surface area (Å²) in [6, 6.07) is 9.71. The van der Waals surface area contributed by atoms with Gasteiger partial charge < -0.3 is 16.8 Å². The van der Waals surface area contributed by atoms with Crippen LogP contribution in [0, 0.1) is 0 Å². The molecule has 0 aliphatic rings. The Hall–Kier alpha value is -2.96. The lowest BCUT2D eigenvalue weighted by molar-refractivity contribution is 1.16. The van der Waals surface area contributed by atoms with Crippen LogP contribution in [0.1, 0.15) is 0 Å². The van der Waals surface area contributed by atoms with Crippen LogP contribution in [-0.2, 0) is 0 Å². The number of nitrogens with zero attached hydrogens (tertiary/aromatic N) is 4. The van der Waals surface area contributed by atoms with Gasteiger partial charge in [0, 0.05) is 12.6 Å². The van der Waals surface area contributed by atoms with Crippen molar-refractivity contribution in [3.8, 4) is 11.3 Å². The van der Waals surface area contributed by atoms with Gasteiger partial charge in [0.05, 0.1) is 0 Å². The summed E-state index contributed by atoms with van der Waals surface area (Å²) in [5, 5.41) is 3.01. The summed E-state index contributed by atoms with van der Waals surface area (Å²) in [6.45, 7) is 0. The zero-order valence-electron chi connectivity index (χ0n) is 10.8. The average molecular weight is 267 g/mol. The van der Waals surface area contributed by atoms with Crippen LogP contribution in [0.25, 0.3) is 22.4 Å². The molecule has 2 aromatic heterocycles. The van der Waals surface area contributed by atoms with Gasteiger partial charge in [0.25, 0.3) is 0 Å². The van der Waals surface area contributed by atoms with Crippen LogP contribution < -0.4 is 16.8 Å². The van der Waals surface area contributed by atoms with Crippen molar-refractivity contribution in [1.29, 1.82) is 0 Å². The Morgan fingerprint density at radius 2 is 1.70 bits per heavy atom. The summed E-state index contributed by atoms with van der Waals surface area (Å²) >= 11 is 0. The molecule has 3 rings (SSSR count). The number of benzene rings is 1. The van der Waals surface area contributed by atoms with Gasteiger partial charge in [0.15, 0.2) is 22.8 Å². The van der Waals surface area contributed by atoms with E-state index >= 15 is 0 Å². The maximum Gasteiger partial charge on any atom is 0.224 e. The summed E-state index contributed by atoms with van der Waals surface area (Å²) in [6.07, 6.45) is 0. The fourth-order valence-electron chi connectivity index (χ4n) is 1.96. The molecule has 0 unspecified atom stereocenters. The van der Waals surface area contributed by atoms with Crippen molar-refractivity contribution in [3.63, 3.8) is 0 Å². The van der Waals surface area contributed by atoms with E-state index in [0.717, 1.165) is 5.56 Å². The van der Waals surface area contributed by atoms with E-state index in [0.29, 0.717) is 22.7 Å². The number of fused-ring (bicyclic) bond motifs is 1. The van der Waals surface area contributed by atoms with E-state index in [2.05, 4.69) is 25.3 Å². The highest BCUT2D eigenvalue weighted by Crippen LogP contribution is 2.27. The third-order valence-corrected chi connectivity index (χ3v) is 2.86. The van der Waals surface area contributed by atoms with Crippen LogP contribution in [0.15, 0.2) is 30.3 Å². The van der Waals surface area contributed by atoms with Crippen LogP contribution in [-0.4, -0.2) is 27.0 Å². The van der Waals surface area contributed by atoms with Gasteiger partial charge in [-0.15, -0.1) is 0 Å². The second-order valence-corrected chi connectivity index (χ2v) is 4.18. The van der Waals surface area contributed by atoms with Gasteiger partial charge in [0.2, 0.25) is 5.95 Å². The maximum atomic E-state index is 5.84. The van der Waals surface area contributed by atoms with Crippen molar-refractivity contribution < 1.29 is 0 Å². The van der Waals surface area contributed by atoms with Crippen molar-refractivity contribution in [1.82, 2.24) is 19.9 Å². The molecule has 0 radical (unpaired) electrons. The third kappa shape index (κ3) is 1.95. The summed E-state index contributed by atoms with van der Waals surface area (Å²) in [5.74, 6) is 0.917. The molecule has 0 aliphatic carbocycles. The number of anilines is 3. The first-order valence-corrected chi connectivity index (χ1v) is 6.03. The molecule has 0 saturated heterocycles. The SMILES string of the molecule is CNc1nc2nc(N)nc(N)c2nc1-c1ccccc1. The van der Waals surface area contributed by atoms with E-state index in [1.807, 2.05) is 30.3 Å². The number of rotatable bonds is 2. The van der Waals surface area contributed by atoms with Gasteiger partial charge in [-0.2, -0.15) is 9.97 Å². The molecule has 2 heterocycles. The molecule has 0 aliphatic heterocycles. The highest BCUT2D eigenvalue weighted by Gasteiger charge is 2.13. The molecule has 0 spiro atoms. The Kier molecular flexibility index (Phi) is 2.79. The Morgan fingerprint density at radius 1 is 0.950 bits per heavy atom. The first-order valence-electron chi connectivity index (χ1n) is 6.03. The number of nitrogen functional groups attached to an aromatic ring is 2. The number of hydrogen-bond donors (Lipinski definition) is 3. The molecule has 0 atom stereocenters. The Labute approximate surface area is 115 Å². The molecule has 7 nitrogen and oxygen atoms in total. The number of hydrogen-bond acceptors (Lipinski definition) is 7. The van der Waals surface area contributed by atoms with Crippen LogP contribution in [0.3, 0.4) is 0 Å². The summed E-state index contributed by atoms with van der Waals surface area (Å²) in [5.41, 5.74) is 13.9. The molecule has 0 amide bonds. The number of nitrogens with one attached hydrogen (secondary N) is 1. The third-order valence-electron chi connectivity index (χ3n) is 2.86. The topological polar surface area (TPSA) is 116 Å². The summed E-state index contributed by atoms with van der Waals surface area (Å²) in [4.78, 5) is 16.9. The second kappa shape index (κ2) is 4.61. The molecular formula is C13H13N7. The van der Waals surface area contributed by atoms with E-state index < -0.39 is 0 Å². The van der Waals surface area contributed by atoms with Crippen LogP contribution >= 0.6 is 0 Å². The number of aromatic nitrogens is 4. The van der Waals surface area contributed by atoms with E-state index in [1.165, 1.54) is 0 Å². The largest absolute Gasteiger partial charge is 0.382 e. The molecule has 7 heteroatoms. The molecule has 3 aromatic rings. The molecule has 20 heavy (non-hydrogen) atoms. The van der Waals surface area contributed by atoms with E-state index in [4.69, 9.17) is 11.5 Å². The van der Waals surface area contributed by atoms with Crippen LogP contribution in [0.5, 0.6) is 0 Å². The minimum Gasteiger partial charge on any atom is -0.382 e. The minimum atomic E-state index is 0.0822. The molecule has 100 valence electrons. The van der Waals surface area contributed by atoms with Crippen LogP contribution in [0.4, 0.5) is 17.6 Å². The van der Waals surface area contributed by atoms with Gasteiger partial charge in [0.1, 0.15) is 5.69 Å². The van der Waals surface area contributed by atoms with E-state index in [9.17, 15) is 0 Å². The fourth-order valence-corrected chi connectivity index (χ4v) is 1.96. The molecule has 5 N–H and O–H groups in total. The zero-order chi connectivity index (χ0) is 14.1. The first-order chi connectivity index (χ1) is 9.69. The van der Waals surface area contributed by atoms with Gasteiger partial charge in [-0.1, -0.05) is 30.3 Å². The average Bonchev–Trinajstić information content (AvgIpc) is 2.46. The zero-order valence-corrected chi connectivity index (χ0v) is 10.8. The van der Waals surface area contributed by atoms with Crippen LogP contribution in [0.2, 0.25) is 0 Å². The highest BCUT2D eigenvalue weighted by atomic mass is 15.1. The normalized spacial score (nSPS) is 10.7. The molecule has 1 aromatic carbocycles. The highest BCUT2D eigenvalue weighted by molar-refractivity contribution is 5.87. The number of nitrogens with two attached hydrogens (primary N) is 2. The van der Waals surface area contributed by atoms with Crippen molar-refractivity contribution in [2.75, 3.05) is 23.8 Å². The lowest BCUT2D eigenvalue weighted by atomic mass is 10.1. The van der Waals surface area contributed by atoms with Gasteiger partial charge in [-0.05, 0) is 0 Å². The molecule has 0 fully saturated rings. The predicted molar refractivity (Wildman–Crippen MR) is 78.9 cm³/mol. The van der Waals surface area contributed by atoms with Crippen molar-refractivity contribution in [3.05, 3.63) is 30.3 Å². The van der Waals surface area contributed by atoms with Crippen molar-refractivity contribution in [2.24, 2.45) is 0 Å². The maximum absolute atomic E-state index is 5.84. The Balaban J connectivity index is 2.32. The lowest BCUT2D eigenvalue weighted by Gasteiger charge is -2.09. The smallest absolute Gasteiger partial charge is 0.224 e. The monoisotopic (exact) mass is 267 g/mol. The van der Waals surface area contributed by atoms with E-state index in [-0.39, 0.29) is 11.8 Å². The predicted octanol–water partition coefficient (Wildman–Crippen LogP) is 1.29. The van der Waals surface area contributed by atoms with Crippen molar-refractivity contribution in [2.45, 2.75) is 0 Å². The molecular weight excluding hydrogens is 254 g/mol.